The third-order valence-electron chi connectivity index (χ3n) is 10.5. The first-order valence-electron chi connectivity index (χ1n) is 18.3. The number of allylic oxidation sites excluding steroid dienone is 7. The standard InChI is InChI=1S/C40H54N4O6S2/c1-39(2)32-14-5-7-16-34(32)43(26-9-11-28-51(45,46)47)36(39)22-20-30-18-19-31(38(30)42-25-13-24-41)21-23-37-40(3,4)33-15-6-8-17-35(33)44(37)27-10-12-29-52(48,49)50/h5-8,14-17,20-23H,9-13,18-19,24-29,41H2,1-4H3,(H2,45,46,47,48,49,50)/p+1/b30-20+,36-22+. The van der Waals surface area contributed by atoms with Crippen molar-refractivity contribution in [1.82, 2.24) is 5.32 Å². The quantitative estimate of drug-likeness (QED) is 0.0801. The third-order valence-corrected chi connectivity index (χ3v) is 12.1. The second-order valence-corrected chi connectivity index (χ2v) is 18.1. The maximum absolute atomic E-state index is 11.4. The summed E-state index contributed by atoms with van der Waals surface area (Å²) in [7, 11) is -8.01. The van der Waals surface area contributed by atoms with Gasteiger partial charge in [-0.1, -0.05) is 62.4 Å². The number of anilines is 1. The molecule has 0 fully saturated rings. The molecule has 0 aromatic heterocycles. The normalized spacial score (nSPS) is 19.8. The molecule has 0 amide bonds. The van der Waals surface area contributed by atoms with Crippen molar-refractivity contribution in [3.8, 4) is 0 Å². The van der Waals surface area contributed by atoms with Gasteiger partial charge in [-0.3, -0.25) is 9.11 Å². The average molecular weight is 752 g/mol. The number of nitrogens with two attached hydrogens (primary N) is 1. The van der Waals surface area contributed by atoms with Crippen molar-refractivity contribution in [2.75, 3.05) is 42.6 Å². The van der Waals surface area contributed by atoms with Crippen molar-refractivity contribution in [2.24, 2.45) is 5.73 Å². The molecular weight excluding hydrogens is 697 g/mol. The van der Waals surface area contributed by atoms with Crippen molar-refractivity contribution in [3.05, 3.63) is 107 Å². The van der Waals surface area contributed by atoms with Crippen LogP contribution >= 0.6 is 0 Å². The van der Waals surface area contributed by atoms with E-state index in [1.165, 1.54) is 22.3 Å². The average Bonchev–Trinajstić information content (AvgIpc) is 3.63. The zero-order chi connectivity index (χ0) is 37.7. The fourth-order valence-electron chi connectivity index (χ4n) is 7.83. The second kappa shape index (κ2) is 16.2. The number of benzene rings is 2. The highest BCUT2D eigenvalue weighted by atomic mass is 32.2. The Hall–Kier alpha value is -3.55. The van der Waals surface area contributed by atoms with E-state index in [2.05, 4.69) is 103 Å². The summed E-state index contributed by atoms with van der Waals surface area (Å²) in [5.41, 5.74) is 15.9. The molecule has 5 N–H and O–H groups in total. The third kappa shape index (κ3) is 9.14. The van der Waals surface area contributed by atoms with Gasteiger partial charge >= 0.3 is 0 Å². The molecule has 0 radical (unpaired) electrons. The molecule has 2 heterocycles. The first kappa shape index (κ1) is 39.7. The molecule has 12 heteroatoms. The fourth-order valence-corrected chi connectivity index (χ4v) is 8.97. The maximum Gasteiger partial charge on any atom is 0.264 e. The lowest BCUT2D eigenvalue weighted by molar-refractivity contribution is -0.438. The summed E-state index contributed by atoms with van der Waals surface area (Å²) in [5.74, 6) is -0.496. The molecular formula is C40H55N4O6S2+. The molecule has 0 spiro atoms. The predicted molar refractivity (Wildman–Crippen MR) is 211 cm³/mol. The highest BCUT2D eigenvalue weighted by molar-refractivity contribution is 7.86. The van der Waals surface area contributed by atoms with E-state index in [1.807, 2.05) is 12.1 Å². The molecule has 1 aliphatic carbocycles. The summed E-state index contributed by atoms with van der Waals surface area (Å²) in [6.45, 7) is 11.5. The lowest BCUT2D eigenvalue weighted by Crippen LogP contribution is -2.28. The van der Waals surface area contributed by atoms with Crippen molar-refractivity contribution in [3.63, 3.8) is 0 Å². The first-order valence-corrected chi connectivity index (χ1v) is 21.5. The Morgan fingerprint density at radius 2 is 1.46 bits per heavy atom. The van der Waals surface area contributed by atoms with E-state index in [-0.39, 0.29) is 22.3 Å². The van der Waals surface area contributed by atoms with Crippen molar-refractivity contribution < 1.29 is 30.5 Å². The molecule has 0 saturated heterocycles. The highest BCUT2D eigenvalue weighted by Gasteiger charge is 2.44. The minimum atomic E-state index is -4.00. The van der Waals surface area contributed by atoms with Gasteiger partial charge in [-0.2, -0.15) is 21.4 Å². The zero-order valence-electron chi connectivity index (χ0n) is 30.9. The van der Waals surface area contributed by atoms with Crippen LogP contribution in [0.2, 0.25) is 0 Å². The summed E-state index contributed by atoms with van der Waals surface area (Å²) in [6, 6.07) is 16.7. The molecule has 52 heavy (non-hydrogen) atoms. The van der Waals surface area contributed by atoms with Gasteiger partial charge in [0.2, 0.25) is 5.69 Å². The van der Waals surface area contributed by atoms with Crippen molar-refractivity contribution in [2.45, 2.75) is 83.5 Å². The van der Waals surface area contributed by atoms with Crippen LogP contribution in [0.3, 0.4) is 0 Å². The van der Waals surface area contributed by atoms with Crippen LogP contribution in [0, 0.1) is 0 Å². The largest absolute Gasteiger partial charge is 0.385 e. The Morgan fingerprint density at radius 3 is 2.15 bits per heavy atom. The van der Waals surface area contributed by atoms with E-state index in [4.69, 9.17) is 5.73 Å². The second-order valence-electron chi connectivity index (χ2n) is 15.0. The minimum absolute atomic E-state index is 0.248. The van der Waals surface area contributed by atoms with Crippen LogP contribution in [0.15, 0.2) is 95.4 Å². The molecule has 10 nitrogen and oxygen atoms in total. The topological polar surface area (TPSA) is 153 Å². The van der Waals surface area contributed by atoms with E-state index in [1.54, 1.807) is 0 Å². The predicted octanol–water partition coefficient (Wildman–Crippen LogP) is 6.55. The van der Waals surface area contributed by atoms with Crippen LogP contribution in [0.4, 0.5) is 11.4 Å². The van der Waals surface area contributed by atoms with Crippen LogP contribution in [0.1, 0.15) is 83.8 Å². The molecule has 0 saturated carbocycles. The van der Waals surface area contributed by atoms with Crippen LogP contribution in [-0.2, 0) is 31.1 Å². The van der Waals surface area contributed by atoms with Gasteiger partial charge in [0.05, 0.1) is 16.9 Å². The smallest absolute Gasteiger partial charge is 0.264 e. The van der Waals surface area contributed by atoms with E-state index in [0.717, 1.165) is 54.3 Å². The van der Waals surface area contributed by atoms with Crippen molar-refractivity contribution >= 4 is 37.3 Å². The number of para-hydroxylation sites is 2. The number of nitrogens with one attached hydrogen (secondary N) is 1. The molecule has 0 bridgehead atoms. The Bertz CT molecular complexity index is 2020. The molecule has 2 aliphatic heterocycles. The molecule has 2 aromatic rings. The number of hydrogen-bond donors (Lipinski definition) is 4. The van der Waals surface area contributed by atoms with Crippen LogP contribution in [0.5, 0.6) is 0 Å². The van der Waals surface area contributed by atoms with E-state index >= 15 is 0 Å². The summed E-state index contributed by atoms with van der Waals surface area (Å²) in [4.78, 5) is 2.29. The Morgan fingerprint density at radius 1 is 0.808 bits per heavy atom. The van der Waals surface area contributed by atoms with E-state index in [9.17, 15) is 25.9 Å². The molecule has 282 valence electrons. The lowest BCUT2D eigenvalue weighted by Gasteiger charge is -2.27. The van der Waals surface area contributed by atoms with Crippen LogP contribution in [-0.4, -0.2) is 73.9 Å². The maximum atomic E-state index is 11.4. The molecule has 0 unspecified atom stereocenters. The van der Waals surface area contributed by atoms with Crippen LogP contribution in [0.25, 0.3) is 0 Å². The number of rotatable bonds is 17. The minimum Gasteiger partial charge on any atom is -0.385 e. The first-order chi connectivity index (χ1) is 24.5. The number of nitrogens with zero attached hydrogens (tertiary/aromatic N) is 2. The van der Waals surface area contributed by atoms with Gasteiger partial charge in [-0.25, -0.2) is 0 Å². The number of hydrogen-bond acceptors (Lipinski definition) is 7. The summed E-state index contributed by atoms with van der Waals surface area (Å²) in [5, 5.41) is 3.70. The highest BCUT2D eigenvalue weighted by Crippen LogP contribution is 2.48. The van der Waals surface area contributed by atoms with Gasteiger partial charge in [-0.15, -0.1) is 0 Å². The van der Waals surface area contributed by atoms with Gasteiger partial charge in [0, 0.05) is 59.7 Å². The molecule has 0 atom stereocenters. The number of fused-ring (bicyclic) bond motifs is 2. The summed E-state index contributed by atoms with van der Waals surface area (Å²) in [6.07, 6.45) is 13.5. The van der Waals surface area contributed by atoms with Gasteiger partial charge < -0.3 is 16.0 Å². The van der Waals surface area contributed by atoms with E-state index in [0.29, 0.717) is 45.3 Å². The SMILES string of the molecule is CC1(C)C(/C=C/C2=C(NCCCN)C(=C/C=C3/N(CCCCS(=O)(=O)O)c4ccccc4C3(C)C)/CC2)=[N+](CCCCS(=O)(=O)O)c2ccccc21. The summed E-state index contributed by atoms with van der Waals surface area (Å²) < 4.78 is 66.3. The zero-order valence-corrected chi connectivity index (χ0v) is 32.6. The van der Waals surface area contributed by atoms with E-state index < -0.39 is 20.2 Å². The Labute approximate surface area is 310 Å². The molecule has 3 aliphatic rings. The van der Waals surface area contributed by atoms with Crippen molar-refractivity contribution in [1.29, 1.82) is 0 Å². The van der Waals surface area contributed by atoms with Crippen LogP contribution < -0.4 is 16.0 Å². The monoisotopic (exact) mass is 751 g/mol. The van der Waals surface area contributed by atoms with Gasteiger partial charge in [0.1, 0.15) is 6.54 Å². The lowest BCUT2D eigenvalue weighted by atomic mass is 9.81. The Kier molecular flexibility index (Phi) is 12.4. The summed E-state index contributed by atoms with van der Waals surface area (Å²) >= 11 is 0. The molecule has 2 aromatic carbocycles. The van der Waals surface area contributed by atoms with Gasteiger partial charge in [0.15, 0.2) is 5.71 Å². The Balaban J connectivity index is 1.48. The number of unbranched alkanes of at least 4 members (excludes halogenated alkanes) is 2. The van der Waals surface area contributed by atoms with Gasteiger partial charge in [-0.05, 0) is 87.8 Å². The fraction of sp³-hybridized carbons (Fsp3) is 0.475. The molecule has 5 rings (SSSR count). The van der Waals surface area contributed by atoms with Gasteiger partial charge in [0.25, 0.3) is 20.2 Å².